The minimum atomic E-state index is -4.81. The van der Waals surface area contributed by atoms with Gasteiger partial charge in [-0.15, -0.1) is 0 Å². The Morgan fingerprint density at radius 1 is 1.07 bits per heavy atom. The van der Waals surface area contributed by atoms with Gasteiger partial charge in [0.1, 0.15) is 11.9 Å². The zero-order valence-electron chi connectivity index (χ0n) is 23.1. The van der Waals surface area contributed by atoms with E-state index in [4.69, 9.17) is 9.47 Å². The third-order valence-corrected chi connectivity index (χ3v) is 11.0. The summed E-state index contributed by atoms with van der Waals surface area (Å²) in [6, 6.07) is 7.02. The van der Waals surface area contributed by atoms with Gasteiger partial charge in [-0.25, -0.2) is 21.2 Å². The van der Waals surface area contributed by atoms with Crippen molar-refractivity contribution < 1.29 is 53.4 Å². The summed E-state index contributed by atoms with van der Waals surface area (Å²) in [5, 5.41) is -0.408. The van der Waals surface area contributed by atoms with Crippen molar-refractivity contribution in [3.05, 3.63) is 47.8 Å². The Bertz CT molecular complexity index is 1550. The molecule has 0 radical (unpaired) electrons. The van der Waals surface area contributed by atoms with Crippen LogP contribution in [0, 0.1) is 5.82 Å². The van der Waals surface area contributed by atoms with Crippen molar-refractivity contribution in [2.45, 2.75) is 74.5 Å². The lowest BCUT2D eigenvalue weighted by atomic mass is 10.1. The highest BCUT2D eigenvalue weighted by atomic mass is 32.2. The highest BCUT2D eigenvalue weighted by Gasteiger charge is 2.50. The first-order chi connectivity index (χ1) is 19.4. The molecule has 0 saturated heterocycles. The first-order valence-corrected chi connectivity index (χ1v) is 16.3. The predicted molar refractivity (Wildman–Crippen MR) is 144 cm³/mol. The number of rotatable bonds is 11. The van der Waals surface area contributed by atoms with Gasteiger partial charge < -0.3 is 14.2 Å². The number of alkyl halides is 3. The van der Waals surface area contributed by atoms with Crippen LogP contribution in [0.15, 0.2) is 41.3 Å². The Kier molecular flexibility index (Phi) is 8.76. The smallest absolute Gasteiger partial charge is 0.427 e. The SMILES string of the molecule is CCOc1cc(S(=O)(=O)N2C[C@H](CCS(=O)(=O)C3CC3)Oc3ccc(CC(=O)OC(C)(C)C(F)(F)F)cc32)ccc1F. The lowest BCUT2D eigenvalue weighted by Crippen LogP contribution is -2.44. The van der Waals surface area contributed by atoms with Crippen molar-refractivity contribution in [2.24, 2.45) is 0 Å². The minimum absolute atomic E-state index is 0.00148. The second-order valence-electron chi connectivity index (χ2n) is 10.6. The van der Waals surface area contributed by atoms with Gasteiger partial charge in [-0.2, -0.15) is 13.2 Å². The standard InChI is InChI=1S/C27H31F4NO8S2/c1-4-38-24-15-20(8-9-21(24)28)42(36,37)32-16-18(11-12-41(34,35)19-6-7-19)39-23-10-5-17(13-22(23)32)14-25(33)40-26(2,3)27(29,30)31/h5,8-10,13,15,18-19H,4,6-7,11-12,14,16H2,1-3H3/t18-/m0/s1. The average molecular weight is 638 g/mol. The topological polar surface area (TPSA) is 116 Å². The summed E-state index contributed by atoms with van der Waals surface area (Å²) in [5.41, 5.74) is -2.63. The van der Waals surface area contributed by atoms with Gasteiger partial charge in [-0.3, -0.25) is 9.10 Å². The molecule has 0 unspecified atom stereocenters. The number of halogens is 4. The van der Waals surface area contributed by atoms with Crippen LogP contribution >= 0.6 is 0 Å². The maximum absolute atomic E-state index is 14.2. The number of hydrogen-bond acceptors (Lipinski definition) is 8. The van der Waals surface area contributed by atoms with E-state index in [9.17, 15) is 39.2 Å². The van der Waals surface area contributed by atoms with Crippen molar-refractivity contribution in [3.63, 3.8) is 0 Å². The molecule has 0 N–H and O–H groups in total. The fourth-order valence-corrected chi connectivity index (χ4v) is 7.61. The molecule has 0 amide bonds. The third kappa shape index (κ3) is 6.93. The zero-order valence-corrected chi connectivity index (χ0v) is 24.7. The molecule has 1 aliphatic carbocycles. The molecule has 0 aromatic heterocycles. The second-order valence-corrected chi connectivity index (χ2v) is 14.9. The molecule has 1 aliphatic heterocycles. The molecular formula is C27H31F4NO8S2. The molecule has 15 heteroatoms. The Balaban J connectivity index is 1.67. The summed E-state index contributed by atoms with van der Waals surface area (Å²) >= 11 is 0. The van der Waals surface area contributed by atoms with Crippen molar-refractivity contribution in [2.75, 3.05) is 23.2 Å². The molecular weight excluding hydrogens is 606 g/mol. The minimum Gasteiger partial charge on any atom is -0.491 e. The van der Waals surface area contributed by atoms with Crippen molar-refractivity contribution in [3.8, 4) is 11.5 Å². The van der Waals surface area contributed by atoms with E-state index in [2.05, 4.69) is 4.74 Å². The molecule has 2 aliphatic rings. The lowest BCUT2D eigenvalue weighted by Gasteiger charge is -2.36. The molecule has 1 saturated carbocycles. The molecule has 42 heavy (non-hydrogen) atoms. The monoisotopic (exact) mass is 637 g/mol. The van der Waals surface area contributed by atoms with Gasteiger partial charge in [-0.1, -0.05) is 6.07 Å². The summed E-state index contributed by atoms with van der Waals surface area (Å²) in [4.78, 5) is 12.1. The first-order valence-electron chi connectivity index (χ1n) is 13.2. The number of esters is 1. The Labute approximate surface area is 241 Å². The van der Waals surface area contributed by atoms with E-state index < -0.39 is 61.2 Å². The van der Waals surface area contributed by atoms with Crippen LogP contribution < -0.4 is 13.8 Å². The maximum atomic E-state index is 14.2. The zero-order chi connectivity index (χ0) is 31.1. The Morgan fingerprint density at radius 2 is 1.76 bits per heavy atom. The van der Waals surface area contributed by atoms with Crippen LogP contribution in [0.2, 0.25) is 0 Å². The van der Waals surface area contributed by atoms with Crippen LogP contribution in [-0.2, 0) is 35.8 Å². The highest BCUT2D eigenvalue weighted by Crippen LogP contribution is 2.40. The van der Waals surface area contributed by atoms with Crippen molar-refractivity contribution in [1.82, 2.24) is 0 Å². The number of anilines is 1. The molecule has 4 rings (SSSR count). The largest absolute Gasteiger partial charge is 0.491 e. The number of carbonyl (C=O) groups excluding carboxylic acids is 1. The number of sulfonamides is 1. The van der Waals surface area contributed by atoms with E-state index in [-0.39, 0.29) is 53.0 Å². The first kappa shape index (κ1) is 31.9. The van der Waals surface area contributed by atoms with Crippen LogP contribution in [-0.4, -0.2) is 64.8 Å². The van der Waals surface area contributed by atoms with E-state index in [1.54, 1.807) is 6.92 Å². The van der Waals surface area contributed by atoms with E-state index >= 15 is 0 Å². The molecule has 232 valence electrons. The van der Waals surface area contributed by atoms with Gasteiger partial charge in [0, 0.05) is 6.07 Å². The van der Waals surface area contributed by atoms with Crippen LogP contribution in [0.25, 0.3) is 0 Å². The summed E-state index contributed by atoms with van der Waals surface area (Å²) in [5.74, 6) is -2.41. The molecule has 1 fully saturated rings. The summed E-state index contributed by atoms with van der Waals surface area (Å²) in [6.07, 6.45) is -5.12. The number of ether oxygens (including phenoxy) is 3. The maximum Gasteiger partial charge on any atom is 0.427 e. The summed E-state index contributed by atoms with van der Waals surface area (Å²) in [6.45, 7) is 2.78. The molecule has 9 nitrogen and oxygen atoms in total. The summed E-state index contributed by atoms with van der Waals surface area (Å²) in [7, 11) is -7.79. The lowest BCUT2D eigenvalue weighted by molar-refractivity contribution is -0.257. The molecule has 2 aromatic carbocycles. The molecule has 0 spiro atoms. The summed E-state index contributed by atoms with van der Waals surface area (Å²) < 4.78 is 123. The van der Waals surface area contributed by atoms with E-state index in [1.165, 1.54) is 18.2 Å². The molecule has 0 bridgehead atoms. The van der Waals surface area contributed by atoms with Gasteiger partial charge in [0.2, 0.25) is 5.60 Å². The molecule has 2 aromatic rings. The van der Waals surface area contributed by atoms with Gasteiger partial charge in [0.25, 0.3) is 10.0 Å². The third-order valence-electron chi connectivity index (χ3n) is 6.90. The normalized spacial score (nSPS) is 17.8. The van der Waals surface area contributed by atoms with Crippen LogP contribution in [0.5, 0.6) is 11.5 Å². The highest BCUT2D eigenvalue weighted by molar-refractivity contribution is 7.93. The molecule has 1 heterocycles. The molecule has 1 atom stereocenters. The van der Waals surface area contributed by atoms with Gasteiger partial charge in [-0.05, 0) is 69.9 Å². The number of sulfone groups is 1. The van der Waals surface area contributed by atoms with Crippen LogP contribution in [0.3, 0.4) is 0 Å². The van der Waals surface area contributed by atoms with E-state index in [0.717, 1.165) is 22.5 Å². The van der Waals surface area contributed by atoms with Crippen LogP contribution in [0.4, 0.5) is 23.2 Å². The Morgan fingerprint density at radius 3 is 2.38 bits per heavy atom. The predicted octanol–water partition coefficient (Wildman–Crippen LogP) is 4.57. The van der Waals surface area contributed by atoms with Gasteiger partial charge in [0.05, 0.1) is 41.2 Å². The van der Waals surface area contributed by atoms with Crippen molar-refractivity contribution >= 4 is 31.5 Å². The second kappa shape index (κ2) is 11.5. The van der Waals surface area contributed by atoms with E-state index in [1.807, 2.05) is 0 Å². The van der Waals surface area contributed by atoms with Gasteiger partial charge in [0.15, 0.2) is 21.4 Å². The van der Waals surface area contributed by atoms with Crippen molar-refractivity contribution in [1.29, 1.82) is 0 Å². The van der Waals surface area contributed by atoms with Crippen LogP contribution in [0.1, 0.15) is 45.6 Å². The number of nitrogens with zero attached hydrogens (tertiary/aromatic N) is 1. The average Bonchev–Trinajstić information content (AvgIpc) is 3.74. The fourth-order valence-electron chi connectivity index (χ4n) is 4.32. The fraction of sp³-hybridized carbons (Fsp3) is 0.519. The number of carbonyl (C=O) groups is 1. The van der Waals surface area contributed by atoms with Gasteiger partial charge >= 0.3 is 12.1 Å². The number of hydrogen-bond donors (Lipinski definition) is 0. The number of fused-ring (bicyclic) bond motifs is 1. The Hall–Kier alpha value is -3.07. The quantitative estimate of drug-likeness (QED) is 0.260. The van der Waals surface area contributed by atoms with E-state index in [0.29, 0.717) is 26.7 Å². The number of benzene rings is 2.